The van der Waals surface area contributed by atoms with Crippen molar-refractivity contribution >= 4 is 0 Å². The number of ether oxygens (including phenoxy) is 1. The zero-order chi connectivity index (χ0) is 11.3. The topological polar surface area (TPSA) is 24.5 Å². The molecule has 1 aliphatic rings. The van der Waals surface area contributed by atoms with E-state index >= 15 is 0 Å². The zero-order valence-corrected chi connectivity index (χ0v) is 10.6. The first-order valence-electron chi connectivity index (χ1n) is 6.16. The van der Waals surface area contributed by atoms with Crippen LogP contribution in [0.3, 0.4) is 0 Å². The Kier molecular flexibility index (Phi) is 5.58. The molecule has 1 fully saturated rings. The van der Waals surface area contributed by atoms with Crippen LogP contribution in [0.15, 0.2) is 0 Å². The molecule has 15 heavy (non-hydrogen) atoms. The van der Waals surface area contributed by atoms with Crippen LogP contribution in [0.25, 0.3) is 0 Å². The van der Waals surface area contributed by atoms with Crippen molar-refractivity contribution in [3.63, 3.8) is 0 Å². The molecule has 0 aromatic rings. The second-order valence-corrected chi connectivity index (χ2v) is 4.81. The van der Waals surface area contributed by atoms with Gasteiger partial charge in [-0.25, -0.2) is 0 Å². The fourth-order valence-corrected chi connectivity index (χ4v) is 2.22. The Morgan fingerprint density at radius 2 is 2.20 bits per heavy atom. The number of hydrogen-bond acceptors (Lipinski definition) is 3. The summed E-state index contributed by atoms with van der Waals surface area (Å²) in [5.41, 5.74) is 0. The molecule has 2 unspecified atom stereocenters. The second-order valence-electron chi connectivity index (χ2n) is 4.81. The molecule has 0 aromatic heterocycles. The van der Waals surface area contributed by atoms with E-state index in [1.807, 2.05) is 0 Å². The maximum atomic E-state index is 5.59. The van der Waals surface area contributed by atoms with Crippen LogP contribution in [-0.4, -0.2) is 49.8 Å². The van der Waals surface area contributed by atoms with E-state index in [0.29, 0.717) is 18.2 Å². The fourth-order valence-electron chi connectivity index (χ4n) is 2.22. The Morgan fingerprint density at radius 1 is 1.47 bits per heavy atom. The van der Waals surface area contributed by atoms with Crippen LogP contribution in [-0.2, 0) is 4.74 Å². The number of rotatable bonds is 5. The van der Waals surface area contributed by atoms with Gasteiger partial charge in [0, 0.05) is 18.6 Å². The van der Waals surface area contributed by atoms with Gasteiger partial charge in [-0.2, -0.15) is 0 Å². The summed E-state index contributed by atoms with van der Waals surface area (Å²) in [7, 11) is 2.06. The highest BCUT2D eigenvalue weighted by molar-refractivity contribution is 4.81. The summed E-state index contributed by atoms with van der Waals surface area (Å²) in [6, 6.07) is 1.40. The number of piperidine rings is 1. The minimum Gasteiger partial charge on any atom is -0.377 e. The van der Waals surface area contributed by atoms with E-state index in [4.69, 9.17) is 4.74 Å². The van der Waals surface area contributed by atoms with E-state index in [2.05, 4.69) is 38.0 Å². The van der Waals surface area contributed by atoms with Gasteiger partial charge in [0.1, 0.15) is 0 Å². The second kappa shape index (κ2) is 6.46. The molecule has 0 aliphatic carbocycles. The summed E-state index contributed by atoms with van der Waals surface area (Å²) in [6.45, 7) is 9.66. The van der Waals surface area contributed by atoms with Gasteiger partial charge in [0.05, 0.1) is 12.7 Å². The smallest absolute Gasteiger partial charge is 0.0597 e. The molecule has 1 rings (SSSR count). The van der Waals surface area contributed by atoms with Crippen molar-refractivity contribution < 1.29 is 4.74 Å². The van der Waals surface area contributed by atoms with E-state index < -0.39 is 0 Å². The van der Waals surface area contributed by atoms with Gasteiger partial charge in [-0.15, -0.1) is 0 Å². The van der Waals surface area contributed by atoms with Crippen molar-refractivity contribution in [1.82, 2.24) is 10.2 Å². The van der Waals surface area contributed by atoms with Crippen molar-refractivity contribution in [1.29, 1.82) is 0 Å². The largest absolute Gasteiger partial charge is 0.377 e. The monoisotopic (exact) mass is 214 g/mol. The van der Waals surface area contributed by atoms with Crippen LogP contribution in [0, 0.1) is 0 Å². The van der Waals surface area contributed by atoms with Gasteiger partial charge < -0.3 is 10.1 Å². The molecule has 0 radical (unpaired) electrons. The average Bonchev–Trinajstić information content (AvgIpc) is 2.20. The quantitative estimate of drug-likeness (QED) is 0.750. The third-order valence-electron chi connectivity index (χ3n) is 3.25. The normalized spacial score (nSPS) is 28.6. The van der Waals surface area contributed by atoms with Gasteiger partial charge in [0.2, 0.25) is 0 Å². The van der Waals surface area contributed by atoms with Crippen LogP contribution in [0.4, 0.5) is 0 Å². The van der Waals surface area contributed by atoms with Crippen LogP contribution < -0.4 is 5.32 Å². The molecule has 1 saturated heterocycles. The number of nitrogens with one attached hydrogen (secondary N) is 1. The molecule has 2 atom stereocenters. The zero-order valence-electron chi connectivity index (χ0n) is 10.6. The van der Waals surface area contributed by atoms with E-state index in [9.17, 15) is 0 Å². The third kappa shape index (κ3) is 4.49. The Labute approximate surface area is 94.2 Å². The summed E-state index contributed by atoms with van der Waals surface area (Å²) in [5.74, 6) is 0. The summed E-state index contributed by atoms with van der Waals surface area (Å²) in [5, 5.41) is 3.37. The highest BCUT2D eigenvalue weighted by Crippen LogP contribution is 2.16. The Balaban J connectivity index is 2.20. The van der Waals surface area contributed by atoms with Crippen LogP contribution >= 0.6 is 0 Å². The number of likely N-dealkylation sites (tertiary alicyclic amines) is 1. The summed E-state index contributed by atoms with van der Waals surface area (Å²) in [6.07, 6.45) is 2.89. The van der Waals surface area contributed by atoms with Gasteiger partial charge in [0.15, 0.2) is 0 Å². The fraction of sp³-hybridized carbons (Fsp3) is 1.00. The van der Waals surface area contributed by atoms with Gasteiger partial charge >= 0.3 is 0 Å². The number of hydrogen-bond donors (Lipinski definition) is 1. The van der Waals surface area contributed by atoms with Gasteiger partial charge in [0.25, 0.3) is 0 Å². The molecule has 0 spiro atoms. The molecule has 90 valence electrons. The maximum Gasteiger partial charge on any atom is 0.0597 e. The van der Waals surface area contributed by atoms with Crippen LogP contribution in [0.2, 0.25) is 0 Å². The molecule has 0 amide bonds. The molecule has 1 aliphatic heterocycles. The molecular weight excluding hydrogens is 188 g/mol. The van der Waals surface area contributed by atoms with E-state index in [1.165, 1.54) is 19.4 Å². The lowest BCUT2D eigenvalue weighted by Gasteiger charge is -2.37. The Hall–Kier alpha value is -0.120. The highest BCUT2D eigenvalue weighted by atomic mass is 16.5. The van der Waals surface area contributed by atoms with Crippen molar-refractivity contribution in [2.75, 3.05) is 26.7 Å². The van der Waals surface area contributed by atoms with Gasteiger partial charge in [-0.3, -0.25) is 4.90 Å². The lowest BCUT2D eigenvalue weighted by atomic mass is 9.98. The molecular formula is C12H26N2O. The predicted octanol–water partition coefficient (Wildman–Crippen LogP) is 1.48. The van der Waals surface area contributed by atoms with Crippen molar-refractivity contribution in [2.24, 2.45) is 0 Å². The minimum absolute atomic E-state index is 0.357. The standard InChI is InChI=1S/C12H26N2O/c1-10(2)15-8-7-14-6-5-12(13-4)9-11(14)3/h10-13H,5-9H2,1-4H3. The summed E-state index contributed by atoms with van der Waals surface area (Å²) in [4.78, 5) is 2.54. The summed E-state index contributed by atoms with van der Waals surface area (Å²) >= 11 is 0. The molecule has 3 heteroatoms. The highest BCUT2D eigenvalue weighted by Gasteiger charge is 2.23. The Morgan fingerprint density at radius 3 is 2.73 bits per heavy atom. The minimum atomic E-state index is 0.357. The van der Waals surface area contributed by atoms with E-state index in [0.717, 1.165) is 13.2 Å². The molecule has 0 saturated carbocycles. The molecule has 1 N–H and O–H groups in total. The first-order chi connectivity index (χ1) is 7.13. The average molecular weight is 214 g/mol. The van der Waals surface area contributed by atoms with Crippen LogP contribution in [0.1, 0.15) is 33.6 Å². The van der Waals surface area contributed by atoms with Crippen LogP contribution in [0.5, 0.6) is 0 Å². The molecule has 0 bridgehead atoms. The first kappa shape index (κ1) is 12.9. The molecule has 0 aromatic carbocycles. The molecule has 1 heterocycles. The van der Waals surface area contributed by atoms with E-state index in [-0.39, 0.29) is 0 Å². The van der Waals surface area contributed by atoms with Gasteiger partial charge in [-0.1, -0.05) is 0 Å². The lowest BCUT2D eigenvalue weighted by Crippen LogP contribution is -2.47. The first-order valence-corrected chi connectivity index (χ1v) is 6.16. The van der Waals surface area contributed by atoms with Crippen molar-refractivity contribution in [2.45, 2.75) is 51.8 Å². The van der Waals surface area contributed by atoms with Crippen molar-refractivity contribution in [3.8, 4) is 0 Å². The predicted molar refractivity (Wildman–Crippen MR) is 64.2 cm³/mol. The lowest BCUT2D eigenvalue weighted by molar-refractivity contribution is 0.0393. The molecule has 3 nitrogen and oxygen atoms in total. The van der Waals surface area contributed by atoms with E-state index in [1.54, 1.807) is 0 Å². The Bertz CT molecular complexity index is 173. The van der Waals surface area contributed by atoms with Crippen molar-refractivity contribution in [3.05, 3.63) is 0 Å². The third-order valence-corrected chi connectivity index (χ3v) is 3.25. The van der Waals surface area contributed by atoms with Gasteiger partial charge in [-0.05, 0) is 47.2 Å². The maximum absolute atomic E-state index is 5.59. The SMILES string of the molecule is CNC1CCN(CCOC(C)C)C(C)C1. The summed E-state index contributed by atoms with van der Waals surface area (Å²) < 4.78 is 5.59. The number of nitrogens with zero attached hydrogens (tertiary/aromatic N) is 1.